The van der Waals surface area contributed by atoms with E-state index in [-0.39, 0.29) is 0 Å². The summed E-state index contributed by atoms with van der Waals surface area (Å²) in [6.45, 7) is -2.37. The molecular formula is C48H36O31. The maximum atomic E-state index is 16.2. The molecule has 13 atom stereocenters. The van der Waals surface area contributed by atoms with Gasteiger partial charge in [0.2, 0.25) is 34.9 Å². The van der Waals surface area contributed by atoms with Gasteiger partial charge in [-0.2, -0.15) is 0 Å². The topological polar surface area (TPSA) is 506 Å². The van der Waals surface area contributed by atoms with Crippen molar-refractivity contribution >= 4 is 41.4 Å². The number of benzene rings is 4. The van der Waals surface area contributed by atoms with E-state index in [1.54, 1.807) is 0 Å². The van der Waals surface area contributed by atoms with Gasteiger partial charge >= 0.3 is 29.8 Å². The van der Waals surface area contributed by atoms with E-state index in [1.807, 2.05) is 0 Å². The minimum absolute atomic E-state index is 0.352. The van der Waals surface area contributed by atoms with Gasteiger partial charge in [-0.05, 0) is 30.3 Å². The van der Waals surface area contributed by atoms with Crippen LogP contribution < -0.4 is 4.74 Å². The largest absolute Gasteiger partial charge is 0.504 e. The SMILES string of the molecule is O=C(O[C@@H]1O[C@@H]2COC(=O)c3cc(O)c(O)c(O)c3-c3c(cc(O)c(O)c3O)C(=O)O[C@@H]3[C@H]1CC(=O)c1cc(O)c(O)c4c1C1C(O)(O4)[C@]4(O)O[C@@]5(C(=O)O[C@H]6C(O)CO[C@@]65O)[C@]1(CC4=O)C(=O)O[C@@H]32)c1cc(O)c(O)c(O)c1. The molecule has 9 aliphatic rings. The van der Waals surface area contributed by atoms with Gasteiger partial charge in [0.15, 0.2) is 81.6 Å². The molecule has 31 nitrogen and oxygen atoms in total. The summed E-state index contributed by atoms with van der Waals surface area (Å²) in [4.78, 5) is 104. The molecule has 0 radical (unpaired) electrons. The van der Waals surface area contributed by atoms with E-state index in [9.17, 15) is 95.8 Å². The lowest BCUT2D eigenvalue weighted by Gasteiger charge is -2.64. The second-order valence-corrected chi connectivity index (χ2v) is 19.6. The molecule has 3 unspecified atom stereocenters. The number of cyclic esters (lactones) is 1. The lowest BCUT2D eigenvalue weighted by Crippen LogP contribution is -2.88. The smallest absolute Gasteiger partial charge is 0.346 e. The van der Waals surface area contributed by atoms with Gasteiger partial charge in [0.05, 0.1) is 35.1 Å². The van der Waals surface area contributed by atoms with Crippen molar-refractivity contribution in [1.82, 2.24) is 0 Å². The second-order valence-electron chi connectivity index (χ2n) is 19.6. The lowest BCUT2D eigenvalue weighted by atomic mass is 9.47. The quantitative estimate of drug-likeness (QED) is 0.0575. The number of aliphatic hydroxyl groups excluding tert-OH is 1. The van der Waals surface area contributed by atoms with Gasteiger partial charge in [0.25, 0.3) is 11.6 Å². The summed E-state index contributed by atoms with van der Waals surface area (Å²) < 4.78 is 51.8. The van der Waals surface area contributed by atoms with Crippen LogP contribution in [0, 0.1) is 11.3 Å². The molecule has 15 N–H and O–H groups in total. The Morgan fingerprint density at radius 1 is 0.620 bits per heavy atom. The van der Waals surface area contributed by atoms with E-state index >= 15 is 14.4 Å². The van der Waals surface area contributed by atoms with Gasteiger partial charge < -0.3 is 119 Å². The summed E-state index contributed by atoms with van der Waals surface area (Å²) in [5.74, 6) is -44.7. The van der Waals surface area contributed by atoms with Crippen molar-refractivity contribution in [3.63, 3.8) is 0 Å². The number of esters is 5. The van der Waals surface area contributed by atoms with Crippen molar-refractivity contribution in [3.05, 3.63) is 58.1 Å². The fourth-order valence-corrected chi connectivity index (χ4v) is 12.1. The molecule has 1 aliphatic carbocycles. The zero-order valence-corrected chi connectivity index (χ0v) is 39.1. The molecule has 31 heteroatoms. The molecule has 8 aliphatic heterocycles. The molecule has 79 heavy (non-hydrogen) atoms. The Kier molecular flexibility index (Phi) is 10.3. The van der Waals surface area contributed by atoms with Crippen LogP contribution in [0.1, 0.15) is 65.8 Å². The van der Waals surface area contributed by atoms with Gasteiger partial charge in [0, 0.05) is 35.1 Å². The van der Waals surface area contributed by atoms with Crippen LogP contribution in [0.25, 0.3) is 11.1 Å². The van der Waals surface area contributed by atoms with E-state index in [0.29, 0.717) is 30.3 Å². The van der Waals surface area contributed by atoms with Crippen LogP contribution in [-0.4, -0.2) is 191 Å². The average molecular weight is 1110 g/mol. The summed E-state index contributed by atoms with van der Waals surface area (Å²) in [7, 11) is 0. The summed E-state index contributed by atoms with van der Waals surface area (Å²) >= 11 is 0. The fourth-order valence-electron chi connectivity index (χ4n) is 12.1. The summed E-state index contributed by atoms with van der Waals surface area (Å²) in [5, 5.41) is 167. The first kappa shape index (κ1) is 50.7. The number of fused-ring (bicyclic) bond motifs is 5. The van der Waals surface area contributed by atoms with E-state index in [1.165, 1.54) is 0 Å². The number of Topliss-reactive ketones (excluding diaryl/α,β-unsaturated/α-hetero) is 2. The standard InChI is InChI=1S/C48H36O31/c49-15-6-14-33-34(75-42(66)44-7-23(56)46(68,79-45(44)43(67)76-37-21(55)8-72-48(37,45)70)47(69)36(44)26-11(15)3-20(54)30(60)35(26)78-47)22(73-41(14)77-38(63)10-1-16(50)27(57)17(51)2-10)9-71-39(64)12-4-18(52)28(58)31(61)24(12)25-13(40(65)74-33)5-19(53)29(59)32(25)62/h1-5,14,21-22,33-34,36-37,41,50-55,57-62,68-70H,6-9H2/t14-,21?,22-,33-,34-,36?,37+,41+,44+,45+,46-,47?,48+/m1/s1. The number of ether oxygens (including phenoxy) is 9. The average Bonchev–Trinajstić information content (AvgIpc) is 1.67. The van der Waals surface area contributed by atoms with Gasteiger partial charge in [0.1, 0.15) is 24.2 Å². The van der Waals surface area contributed by atoms with Gasteiger partial charge in [-0.1, -0.05) is 0 Å². The van der Waals surface area contributed by atoms with Crippen LogP contribution >= 0.6 is 0 Å². The molecule has 6 bridgehead atoms. The molecule has 13 rings (SSSR count). The molecule has 4 aromatic carbocycles. The number of carbonyl (C=O) groups is 7. The third kappa shape index (κ3) is 6.09. The van der Waals surface area contributed by atoms with Crippen molar-refractivity contribution in [3.8, 4) is 80.1 Å². The van der Waals surface area contributed by atoms with Crippen molar-refractivity contribution in [2.75, 3.05) is 13.2 Å². The molecule has 8 heterocycles. The Morgan fingerprint density at radius 3 is 1.84 bits per heavy atom. The lowest BCUT2D eigenvalue weighted by molar-refractivity contribution is -0.459. The molecule has 414 valence electrons. The summed E-state index contributed by atoms with van der Waals surface area (Å²) in [6, 6.07) is 2.38. The molecule has 6 fully saturated rings. The van der Waals surface area contributed by atoms with Crippen LogP contribution in [0.5, 0.6) is 69.0 Å². The highest BCUT2D eigenvalue weighted by Gasteiger charge is 2.97. The highest BCUT2D eigenvalue weighted by Crippen LogP contribution is 2.76. The molecule has 0 aromatic heterocycles. The monoisotopic (exact) mass is 1110 g/mol. The Balaban J connectivity index is 1.13. The van der Waals surface area contributed by atoms with E-state index in [2.05, 4.69) is 0 Å². The first-order chi connectivity index (χ1) is 37.1. The highest BCUT2D eigenvalue weighted by molar-refractivity contribution is 6.09. The first-order valence-corrected chi connectivity index (χ1v) is 23.1. The van der Waals surface area contributed by atoms with Crippen LogP contribution in [0.4, 0.5) is 0 Å². The van der Waals surface area contributed by atoms with Gasteiger partial charge in [-0.3, -0.25) is 14.4 Å². The third-order valence-electron chi connectivity index (χ3n) is 15.6. The summed E-state index contributed by atoms with van der Waals surface area (Å²) in [6.07, 6.45) is -17.3. The Labute approximate surface area is 434 Å². The maximum absolute atomic E-state index is 16.2. The molecular weight excluding hydrogens is 1070 g/mol. The molecule has 4 aromatic rings. The molecule has 1 saturated carbocycles. The van der Waals surface area contributed by atoms with Crippen LogP contribution in [0.2, 0.25) is 0 Å². The molecule has 0 amide bonds. The predicted molar refractivity (Wildman–Crippen MR) is 235 cm³/mol. The minimum atomic E-state index is -4.01. The Hall–Kier alpha value is -9.11. The fraction of sp³-hybridized carbons (Fsp3) is 0.354. The number of hydrogen-bond acceptors (Lipinski definition) is 31. The Bertz CT molecular complexity index is 3530. The van der Waals surface area contributed by atoms with E-state index < -0.39 is 252 Å². The number of phenolic OH excluding ortho intramolecular Hbond substituents is 11. The maximum Gasteiger partial charge on any atom is 0.346 e. The van der Waals surface area contributed by atoms with Gasteiger partial charge in [-0.15, -0.1) is 0 Å². The highest BCUT2D eigenvalue weighted by atomic mass is 16.8. The minimum Gasteiger partial charge on any atom is -0.504 e. The van der Waals surface area contributed by atoms with Crippen LogP contribution in [-0.2, 0) is 52.3 Å². The normalized spacial score (nSPS) is 34.7. The molecule has 2 spiro atoms. The number of aliphatic hydroxyl groups is 4. The number of carbonyl (C=O) groups excluding carboxylic acids is 7. The number of aromatic hydroxyl groups is 11. The Morgan fingerprint density at radius 2 is 1.20 bits per heavy atom. The van der Waals surface area contributed by atoms with Crippen molar-refractivity contribution in [2.45, 2.75) is 78.5 Å². The number of hydrogen-bond donors (Lipinski definition) is 15. The second kappa shape index (κ2) is 16.0. The third-order valence-corrected chi connectivity index (χ3v) is 15.6. The molecule has 5 saturated heterocycles. The first-order valence-electron chi connectivity index (χ1n) is 23.1. The number of rotatable bonds is 2. The van der Waals surface area contributed by atoms with Crippen LogP contribution in [0.3, 0.4) is 0 Å². The van der Waals surface area contributed by atoms with E-state index in [0.717, 1.165) is 0 Å². The van der Waals surface area contributed by atoms with Crippen molar-refractivity contribution < 1.29 is 153 Å². The summed E-state index contributed by atoms with van der Waals surface area (Å²) in [5.41, 5.74) is -14.8. The number of ketones is 2. The van der Waals surface area contributed by atoms with Crippen molar-refractivity contribution in [2.24, 2.45) is 11.3 Å². The van der Waals surface area contributed by atoms with Crippen molar-refractivity contribution in [1.29, 1.82) is 0 Å². The van der Waals surface area contributed by atoms with Crippen LogP contribution in [0.15, 0.2) is 30.3 Å². The zero-order chi connectivity index (χ0) is 56.9. The zero-order valence-electron chi connectivity index (χ0n) is 39.1. The van der Waals surface area contributed by atoms with Gasteiger partial charge in [-0.25, -0.2) is 19.2 Å². The number of phenols is 11. The van der Waals surface area contributed by atoms with E-state index in [4.69, 9.17) is 42.6 Å². The predicted octanol–water partition coefficient (Wildman–Crippen LogP) is -2.21.